The van der Waals surface area contributed by atoms with E-state index >= 15 is 0 Å². The van der Waals surface area contributed by atoms with E-state index in [2.05, 4.69) is 10.6 Å². The van der Waals surface area contributed by atoms with Crippen LogP contribution in [0.25, 0.3) is 0 Å². The molecule has 2 aromatic rings. The number of rotatable bonds is 6. The normalized spacial score (nSPS) is 11.2. The topological polar surface area (TPSA) is 93.5 Å². The SMILES string of the molecule is Cn1nc(C(=O)NOCCO)c([AsH]c2ccc(I)cc2F)c(Cl)c1=O. The van der Waals surface area contributed by atoms with E-state index in [1.54, 1.807) is 12.1 Å². The average molecular weight is 544 g/mol. The molecule has 1 unspecified atom stereocenters. The summed E-state index contributed by atoms with van der Waals surface area (Å²) >= 11 is 6.66. The molecule has 1 atom stereocenters. The van der Waals surface area contributed by atoms with E-state index in [9.17, 15) is 14.0 Å². The molecule has 1 amide bonds. The second kappa shape index (κ2) is 9.09. The van der Waals surface area contributed by atoms with Crippen LogP contribution in [0.1, 0.15) is 10.5 Å². The number of hydrogen-bond acceptors (Lipinski definition) is 5. The van der Waals surface area contributed by atoms with Crippen molar-refractivity contribution >= 4 is 64.6 Å². The summed E-state index contributed by atoms with van der Waals surface area (Å²) in [6.45, 7) is -0.390. The molecule has 0 aliphatic rings. The molecule has 0 aliphatic heterocycles. The fourth-order valence-electron chi connectivity index (χ4n) is 1.81. The van der Waals surface area contributed by atoms with Crippen LogP contribution in [-0.2, 0) is 11.9 Å². The van der Waals surface area contributed by atoms with Crippen LogP contribution in [0.5, 0.6) is 0 Å². The van der Waals surface area contributed by atoms with Crippen LogP contribution in [0, 0.1) is 9.39 Å². The average Bonchev–Trinajstić information content (AvgIpc) is 2.57. The summed E-state index contributed by atoms with van der Waals surface area (Å²) in [6.07, 6.45) is 0. The number of aliphatic hydroxyl groups is 1. The molecule has 7 nitrogen and oxygen atoms in total. The molecule has 1 heterocycles. The van der Waals surface area contributed by atoms with Gasteiger partial charge in [0.05, 0.1) is 0 Å². The first kappa shape index (κ1) is 20.3. The number of aromatic nitrogens is 2. The Balaban J connectivity index is 2.45. The zero-order valence-electron chi connectivity index (χ0n) is 12.8. The maximum absolute atomic E-state index is 14.2. The van der Waals surface area contributed by atoms with Gasteiger partial charge in [-0.3, -0.25) is 0 Å². The minimum atomic E-state index is -1.45. The van der Waals surface area contributed by atoms with Gasteiger partial charge in [-0.05, 0) is 0 Å². The van der Waals surface area contributed by atoms with Crippen LogP contribution >= 0.6 is 34.2 Å². The molecule has 2 rings (SSSR count). The zero-order chi connectivity index (χ0) is 18.6. The second-order valence-electron chi connectivity index (χ2n) is 4.72. The maximum atomic E-state index is 14.2. The van der Waals surface area contributed by atoms with Gasteiger partial charge in [0.25, 0.3) is 0 Å². The molecule has 0 saturated heterocycles. The van der Waals surface area contributed by atoms with Gasteiger partial charge in [0.1, 0.15) is 0 Å². The van der Waals surface area contributed by atoms with E-state index in [-0.39, 0.29) is 28.3 Å². The van der Waals surface area contributed by atoms with E-state index in [0.29, 0.717) is 4.35 Å². The standard InChI is InChI=1S/C14H13AsClFIN3O4/c1-21-14(24)11(16)10(12(19-21)13(23)20-25-5-4-22)15-8-3-2-7(18)6-9(8)17/h2-3,6,15,22H,4-5H2,1H3,(H,20,23). The molecule has 0 aliphatic carbocycles. The Bertz CT molecular complexity index is 865. The summed E-state index contributed by atoms with van der Waals surface area (Å²) in [5.41, 5.74) is 1.43. The van der Waals surface area contributed by atoms with Crippen LogP contribution in [0.15, 0.2) is 23.0 Å². The van der Waals surface area contributed by atoms with Gasteiger partial charge < -0.3 is 0 Å². The van der Waals surface area contributed by atoms with Crippen molar-refractivity contribution < 1.29 is 19.1 Å². The molecule has 0 radical (unpaired) electrons. The van der Waals surface area contributed by atoms with Gasteiger partial charge in [0.2, 0.25) is 0 Å². The zero-order valence-corrected chi connectivity index (χ0v) is 17.9. The van der Waals surface area contributed by atoms with E-state index in [4.69, 9.17) is 21.5 Å². The summed E-state index contributed by atoms with van der Waals surface area (Å²) in [6, 6.07) is 4.70. The molecule has 0 spiro atoms. The van der Waals surface area contributed by atoms with Crippen molar-refractivity contribution in [3.63, 3.8) is 0 Å². The van der Waals surface area contributed by atoms with Gasteiger partial charge in [-0.15, -0.1) is 0 Å². The van der Waals surface area contributed by atoms with Crippen molar-refractivity contribution in [2.75, 3.05) is 13.2 Å². The van der Waals surface area contributed by atoms with Gasteiger partial charge in [-0.2, -0.15) is 0 Å². The summed E-state index contributed by atoms with van der Waals surface area (Å²) in [5, 5.41) is 12.4. The number of hydroxylamine groups is 1. The van der Waals surface area contributed by atoms with Crippen molar-refractivity contribution in [3.05, 3.63) is 48.7 Å². The van der Waals surface area contributed by atoms with E-state index in [1.165, 1.54) is 13.1 Å². The van der Waals surface area contributed by atoms with Crippen LogP contribution in [0.2, 0.25) is 5.02 Å². The first-order chi connectivity index (χ1) is 11.8. The number of carbonyl (C=O) groups is 1. The van der Waals surface area contributed by atoms with Gasteiger partial charge >= 0.3 is 168 Å². The Kier molecular flexibility index (Phi) is 7.38. The molecule has 1 aromatic carbocycles. The van der Waals surface area contributed by atoms with Gasteiger partial charge in [0, 0.05) is 0 Å². The monoisotopic (exact) mass is 543 g/mol. The number of nitrogens with one attached hydrogen (secondary N) is 1. The van der Waals surface area contributed by atoms with Crippen molar-refractivity contribution in [2.45, 2.75) is 0 Å². The molecule has 0 fully saturated rings. The Morgan fingerprint density at radius 3 is 2.92 bits per heavy atom. The second-order valence-corrected chi connectivity index (χ2v) is 9.05. The molecule has 2 N–H and O–H groups in total. The first-order valence-corrected chi connectivity index (χ1v) is 10.4. The Labute approximate surface area is 167 Å². The number of halogens is 3. The van der Waals surface area contributed by atoms with Crippen LogP contribution in [-0.4, -0.2) is 49.8 Å². The molecule has 134 valence electrons. The molecule has 0 bridgehead atoms. The van der Waals surface area contributed by atoms with Gasteiger partial charge in [-0.1, -0.05) is 0 Å². The van der Waals surface area contributed by atoms with Crippen molar-refractivity contribution in [1.82, 2.24) is 15.3 Å². The number of benzene rings is 1. The predicted molar refractivity (Wildman–Crippen MR) is 101 cm³/mol. The number of carbonyl (C=O) groups excluding carboxylic acids is 1. The Hall–Kier alpha value is -1.00. The van der Waals surface area contributed by atoms with Crippen LogP contribution in [0.4, 0.5) is 4.39 Å². The number of nitrogens with zero attached hydrogens (tertiary/aromatic N) is 2. The van der Waals surface area contributed by atoms with Crippen molar-refractivity contribution in [1.29, 1.82) is 0 Å². The van der Waals surface area contributed by atoms with E-state index in [1.807, 2.05) is 22.6 Å². The summed E-state index contributed by atoms with van der Waals surface area (Å²) in [5.74, 6) is -1.15. The molecule has 0 saturated carbocycles. The molecular weight excluding hydrogens is 530 g/mol. The third kappa shape index (κ3) is 5.01. The molecule has 11 heteroatoms. The molecular formula is C14H13AsClFIN3O4. The van der Waals surface area contributed by atoms with Crippen molar-refractivity contribution in [2.24, 2.45) is 7.05 Å². The summed E-state index contributed by atoms with van der Waals surface area (Å²) < 4.78 is 16.4. The number of aryl methyl sites for hydroxylation is 1. The number of amides is 1. The van der Waals surface area contributed by atoms with Crippen LogP contribution < -0.4 is 19.7 Å². The molecule has 1 aromatic heterocycles. The van der Waals surface area contributed by atoms with Crippen molar-refractivity contribution in [3.8, 4) is 0 Å². The number of aliphatic hydroxyl groups excluding tert-OH is 1. The Morgan fingerprint density at radius 2 is 2.28 bits per heavy atom. The third-order valence-corrected chi connectivity index (χ3v) is 7.27. The fourth-order valence-corrected chi connectivity index (χ4v) is 5.08. The van der Waals surface area contributed by atoms with E-state index < -0.39 is 33.0 Å². The summed E-state index contributed by atoms with van der Waals surface area (Å²) in [7, 11) is 1.36. The summed E-state index contributed by atoms with van der Waals surface area (Å²) in [4.78, 5) is 29.1. The quantitative estimate of drug-likeness (QED) is 0.216. The Morgan fingerprint density at radius 1 is 1.56 bits per heavy atom. The third-order valence-electron chi connectivity index (χ3n) is 2.95. The molecule has 25 heavy (non-hydrogen) atoms. The minimum absolute atomic E-state index is 0.108. The van der Waals surface area contributed by atoms with Gasteiger partial charge in [0.15, 0.2) is 0 Å². The first-order valence-electron chi connectivity index (χ1n) is 6.87. The predicted octanol–water partition coefficient (Wildman–Crippen LogP) is -0.782. The van der Waals surface area contributed by atoms with Gasteiger partial charge in [-0.25, -0.2) is 0 Å². The van der Waals surface area contributed by atoms with Crippen LogP contribution in [0.3, 0.4) is 0 Å². The number of hydrogen-bond donors (Lipinski definition) is 2. The fraction of sp³-hybridized carbons (Fsp3) is 0.214. The van der Waals surface area contributed by atoms with E-state index in [0.717, 1.165) is 8.25 Å².